The Morgan fingerprint density at radius 1 is 1.47 bits per heavy atom. The standard InChI is InChI=1S/C11H15NO3/c1-15-11(14)10(13)9(12)7-8-5-3-2-4-6-8/h2-6,9-10,13H,7,12H2,1H3/t9?,10-/m1/s1. The van der Waals surface area contributed by atoms with Gasteiger partial charge in [0.05, 0.1) is 7.11 Å². The van der Waals surface area contributed by atoms with Crippen molar-refractivity contribution >= 4 is 5.97 Å². The summed E-state index contributed by atoms with van der Waals surface area (Å²) in [6.45, 7) is 0. The smallest absolute Gasteiger partial charge is 0.336 e. The fraction of sp³-hybridized carbons (Fsp3) is 0.364. The molecule has 3 N–H and O–H groups in total. The molecule has 2 atom stereocenters. The van der Waals surface area contributed by atoms with Crippen molar-refractivity contribution in [1.29, 1.82) is 0 Å². The van der Waals surface area contributed by atoms with Gasteiger partial charge in [0.1, 0.15) is 0 Å². The van der Waals surface area contributed by atoms with Gasteiger partial charge in [0, 0.05) is 6.04 Å². The Bertz CT molecular complexity index is 313. The molecule has 0 aliphatic rings. The third-order valence-electron chi connectivity index (χ3n) is 2.16. The molecule has 0 fully saturated rings. The van der Waals surface area contributed by atoms with Crippen LogP contribution in [-0.4, -0.2) is 30.3 Å². The molecule has 0 saturated heterocycles. The number of methoxy groups -OCH3 is 1. The van der Waals surface area contributed by atoms with E-state index in [0.717, 1.165) is 5.56 Å². The summed E-state index contributed by atoms with van der Waals surface area (Å²) < 4.78 is 4.40. The summed E-state index contributed by atoms with van der Waals surface area (Å²) >= 11 is 0. The van der Waals surface area contributed by atoms with Crippen LogP contribution in [0.2, 0.25) is 0 Å². The van der Waals surface area contributed by atoms with Crippen LogP contribution in [0, 0.1) is 0 Å². The van der Waals surface area contributed by atoms with Gasteiger partial charge in [0.15, 0.2) is 6.10 Å². The fourth-order valence-corrected chi connectivity index (χ4v) is 1.29. The van der Waals surface area contributed by atoms with E-state index in [1.54, 1.807) is 0 Å². The predicted molar refractivity (Wildman–Crippen MR) is 56.1 cm³/mol. The minimum absolute atomic E-state index is 0.442. The molecule has 0 radical (unpaired) electrons. The van der Waals surface area contributed by atoms with E-state index >= 15 is 0 Å². The first-order chi connectivity index (χ1) is 7.15. The molecule has 4 nitrogen and oxygen atoms in total. The average molecular weight is 209 g/mol. The van der Waals surface area contributed by atoms with Crippen LogP contribution in [0.3, 0.4) is 0 Å². The van der Waals surface area contributed by atoms with Gasteiger partial charge >= 0.3 is 5.97 Å². The number of carbonyl (C=O) groups excluding carboxylic acids is 1. The molecule has 1 rings (SSSR count). The minimum atomic E-state index is -1.27. The van der Waals surface area contributed by atoms with E-state index in [2.05, 4.69) is 4.74 Å². The fourth-order valence-electron chi connectivity index (χ4n) is 1.29. The summed E-state index contributed by atoms with van der Waals surface area (Å²) in [5.41, 5.74) is 6.65. The van der Waals surface area contributed by atoms with Crippen LogP contribution >= 0.6 is 0 Å². The molecule has 0 amide bonds. The highest BCUT2D eigenvalue weighted by Crippen LogP contribution is 2.05. The van der Waals surface area contributed by atoms with Crippen molar-refractivity contribution in [3.05, 3.63) is 35.9 Å². The SMILES string of the molecule is COC(=O)[C@H](O)C(N)Cc1ccccc1. The van der Waals surface area contributed by atoms with Gasteiger partial charge in [0.25, 0.3) is 0 Å². The number of rotatable bonds is 4. The van der Waals surface area contributed by atoms with Crippen LogP contribution in [0.4, 0.5) is 0 Å². The zero-order chi connectivity index (χ0) is 11.3. The summed E-state index contributed by atoms with van der Waals surface area (Å²) in [5, 5.41) is 9.45. The number of hydrogen-bond donors (Lipinski definition) is 2. The van der Waals surface area contributed by atoms with Crippen molar-refractivity contribution in [2.24, 2.45) is 5.73 Å². The van der Waals surface area contributed by atoms with Crippen molar-refractivity contribution in [2.45, 2.75) is 18.6 Å². The highest BCUT2D eigenvalue weighted by molar-refractivity contribution is 5.75. The van der Waals surface area contributed by atoms with E-state index in [-0.39, 0.29) is 0 Å². The maximum absolute atomic E-state index is 11.0. The van der Waals surface area contributed by atoms with Crippen molar-refractivity contribution in [2.75, 3.05) is 7.11 Å². The maximum Gasteiger partial charge on any atom is 0.336 e. The number of carbonyl (C=O) groups is 1. The molecule has 1 aromatic carbocycles. The first-order valence-corrected chi connectivity index (χ1v) is 4.70. The van der Waals surface area contributed by atoms with Crippen LogP contribution in [0.5, 0.6) is 0 Å². The zero-order valence-corrected chi connectivity index (χ0v) is 8.59. The largest absolute Gasteiger partial charge is 0.467 e. The highest BCUT2D eigenvalue weighted by Gasteiger charge is 2.23. The molecule has 0 spiro atoms. The van der Waals surface area contributed by atoms with Crippen LogP contribution < -0.4 is 5.73 Å². The third-order valence-corrected chi connectivity index (χ3v) is 2.16. The Hall–Kier alpha value is -1.39. The van der Waals surface area contributed by atoms with Crippen molar-refractivity contribution in [1.82, 2.24) is 0 Å². The monoisotopic (exact) mass is 209 g/mol. The Balaban J connectivity index is 2.56. The molecule has 0 aromatic heterocycles. The van der Waals surface area contributed by atoms with Gasteiger partial charge in [-0.3, -0.25) is 0 Å². The van der Waals surface area contributed by atoms with Crippen molar-refractivity contribution < 1.29 is 14.6 Å². The van der Waals surface area contributed by atoms with Gasteiger partial charge < -0.3 is 15.6 Å². The topological polar surface area (TPSA) is 72.5 Å². The summed E-state index contributed by atoms with van der Waals surface area (Å²) in [6.07, 6.45) is -0.827. The van der Waals surface area contributed by atoms with Crippen LogP contribution in [0.25, 0.3) is 0 Å². The average Bonchev–Trinajstić information content (AvgIpc) is 2.28. The number of esters is 1. The molecule has 82 valence electrons. The summed E-state index contributed by atoms with van der Waals surface area (Å²) in [7, 11) is 1.22. The molecule has 0 aliphatic carbocycles. The van der Waals surface area contributed by atoms with Gasteiger partial charge in [-0.05, 0) is 12.0 Å². The van der Waals surface area contributed by atoms with Crippen LogP contribution in [-0.2, 0) is 16.0 Å². The molecule has 0 saturated carbocycles. The Morgan fingerprint density at radius 2 is 2.07 bits per heavy atom. The van der Waals surface area contributed by atoms with E-state index in [9.17, 15) is 9.90 Å². The Kier molecular flexibility index (Phi) is 4.27. The Morgan fingerprint density at radius 3 is 2.60 bits per heavy atom. The molecule has 4 heteroatoms. The first kappa shape index (κ1) is 11.7. The summed E-state index contributed by atoms with van der Waals surface area (Å²) in [5.74, 6) is -0.696. The van der Waals surface area contributed by atoms with Gasteiger partial charge in [0.2, 0.25) is 0 Å². The summed E-state index contributed by atoms with van der Waals surface area (Å²) in [4.78, 5) is 11.0. The molecule has 1 aromatic rings. The van der Waals surface area contributed by atoms with Gasteiger partial charge in [-0.2, -0.15) is 0 Å². The number of nitrogens with two attached hydrogens (primary N) is 1. The Labute approximate surface area is 88.7 Å². The van der Waals surface area contributed by atoms with E-state index in [1.165, 1.54) is 7.11 Å². The summed E-state index contributed by atoms with van der Waals surface area (Å²) in [6, 6.07) is 8.80. The molecular formula is C11H15NO3. The van der Waals surface area contributed by atoms with E-state index in [0.29, 0.717) is 6.42 Å². The lowest BCUT2D eigenvalue weighted by Crippen LogP contribution is -2.42. The van der Waals surface area contributed by atoms with Crippen LogP contribution in [0.1, 0.15) is 5.56 Å². The molecule has 0 bridgehead atoms. The third kappa shape index (κ3) is 3.34. The lowest BCUT2D eigenvalue weighted by atomic mass is 10.0. The molecule has 0 aliphatic heterocycles. The molecule has 15 heavy (non-hydrogen) atoms. The minimum Gasteiger partial charge on any atom is -0.467 e. The molecule has 0 heterocycles. The lowest BCUT2D eigenvalue weighted by Gasteiger charge is -2.16. The maximum atomic E-state index is 11.0. The zero-order valence-electron chi connectivity index (χ0n) is 8.59. The quantitative estimate of drug-likeness (QED) is 0.689. The number of aliphatic hydroxyl groups is 1. The van der Waals surface area contributed by atoms with Gasteiger partial charge in [-0.1, -0.05) is 30.3 Å². The number of benzene rings is 1. The second-order valence-electron chi connectivity index (χ2n) is 3.32. The predicted octanol–water partition coefficient (Wildman–Crippen LogP) is 0.0903. The van der Waals surface area contributed by atoms with E-state index in [4.69, 9.17) is 5.73 Å². The van der Waals surface area contributed by atoms with Gasteiger partial charge in [-0.25, -0.2) is 4.79 Å². The normalized spacial score (nSPS) is 14.3. The van der Waals surface area contributed by atoms with Gasteiger partial charge in [-0.15, -0.1) is 0 Å². The number of ether oxygens (including phenoxy) is 1. The molecule has 1 unspecified atom stereocenters. The highest BCUT2D eigenvalue weighted by atomic mass is 16.5. The molecular weight excluding hydrogens is 194 g/mol. The number of aliphatic hydroxyl groups excluding tert-OH is 1. The first-order valence-electron chi connectivity index (χ1n) is 4.70. The second-order valence-corrected chi connectivity index (χ2v) is 3.32. The number of hydrogen-bond acceptors (Lipinski definition) is 4. The second kappa shape index (κ2) is 5.48. The van der Waals surface area contributed by atoms with E-state index < -0.39 is 18.1 Å². The van der Waals surface area contributed by atoms with Crippen molar-refractivity contribution in [3.8, 4) is 0 Å². The van der Waals surface area contributed by atoms with E-state index in [1.807, 2.05) is 30.3 Å². The van der Waals surface area contributed by atoms with Crippen LogP contribution in [0.15, 0.2) is 30.3 Å². The van der Waals surface area contributed by atoms with Crippen molar-refractivity contribution in [3.63, 3.8) is 0 Å². The lowest BCUT2D eigenvalue weighted by molar-refractivity contribution is -0.151.